The van der Waals surface area contributed by atoms with Gasteiger partial charge in [0.15, 0.2) is 0 Å². The minimum Gasteiger partial charge on any atom is -0.326 e. The summed E-state index contributed by atoms with van der Waals surface area (Å²) in [6.07, 6.45) is 6.62. The molecule has 0 amide bonds. The molecule has 1 fully saturated rings. The van der Waals surface area contributed by atoms with E-state index in [4.69, 9.17) is 5.73 Å². The SMILES string of the molecule is N[C@@H]1CCCC[C@H]1NS(=O)(=O)c1cncc(Br)c1. The molecule has 0 unspecified atom stereocenters. The van der Waals surface area contributed by atoms with Gasteiger partial charge in [-0.3, -0.25) is 4.98 Å². The third kappa shape index (κ3) is 3.28. The molecule has 2 rings (SSSR count). The third-order valence-corrected chi connectivity index (χ3v) is 5.01. The van der Waals surface area contributed by atoms with Gasteiger partial charge in [0.25, 0.3) is 0 Å². The topological polar surface area (TPSA) is 85.1 Å². The molecule has 7 heteroatoms. The van der Waals surface area contributed by atoms with Gasteiger partial charge in [-0.2, -0.15) is 0 Å². The molecule has 1 aliphatic carbocycles. The predicted octanol–water partition coefficient (Wildman–Crippen LogP) is 1.39. The number of nitrogens with one attached hydrogen (secondary N) is 1. The second kappa shape index (κ2) is 5.64. The monoisotopic (exact) mass is 333 g/mol. The standard InChI is InChI=1S/C11H16BrN3O2S/c12-8-5-9(7-14-6-8)18(16,17)15-11-4-2-1-3-10(11)13/h5-7,10-11,15H,1-4,13H2/t10-,11-/m1/s1. The highest BCUT2D eigenvalue weighted by Crippen LogP contribution is 2.20. The zero-order valence-corrected chi connectivity index (χ0v) is 12.2. The Kier molecular flexibility index (Phi) is 4.37. The summed E-state index contributed by atoms with van der Waals surface area (Å²) in [6, 6.07) is 1.25. The summed E-state index contributed by atoms with van der Waals surface area (Å²) in [7, 11) is -3.54. The van der Waals surface area contributed by atoms with Crippen molar-refractivity contribution in [3.8, 4) is 0 Å². The van der Waals surface area contributed by atoms with Crippen LogP contribution in [0.25, 0.3) is 0 Å². The number of pyridine rings is 1. The van der Waals surface area contributed by atoms with Crippen molar-refractivity contribution in [2.24, 2.45) is 5.73 Å². The van der Waals surface area contributed by atoms with E-state index in [-0.39, 0.29) is 17.0 Å². The minimum absolute atomic E-state index is 0.103. The van der Waals surface area contributed by atoms with Crippen LogP contribution in [0.1, 0.15) is 25.7 Å². The molecule has 5 nitrogen and oxygen atoms in total. The Bertz CT molecular complexity index is 521. The van der Waals surface area contributed by atoms with Crippen molar-refractivity contribution in [2.45, 2.75) is 42.7 Å². The van der Waals surface area contributed by atoms with Crippen LogP contribution in [0.4, 0.5) is 0 Å². The lowest BCUT2D eigenvalue weighted by Gasteiger charge is -2.28. The Morgan fingerprint density at radius 3 is 2.72 bits per heavy atom. The maximum Gasteiger partial charge on any atom is 0.242 e. The molecule has 1 aliphatic rings. The average Bonchev–Trinajstić information content (AvgIpc) is 2.32. The molecule has 1 aromatic heterocycles. The molecule has 1 aromatic rings. The first-order valence-corrected chi connectivity index (χ1v) is 8.15. The predicted molar refractivity (Wildman–Crippen MR) is 72.5 cm³/mol. The zero-order chi connectivity index (χ0) is 13.2. The molecule has 18 heavy (non-hydrogen) atoms. The Labute approximate surface area is 115 Å². The van der Waals surface area contributed by atoms with Crippen molar-refractivity contribution in [3.05, 3.63) is 22.9 Å². The first-order valence-electron chi connectivity index (χ1n) is 5.87. The number of nitrogens with two attached hydrogens (primary N) is 1. The van der Waals surface area contributed by atoms with E-state index in [0.29, 0.717) is 4.47 Å². The fraction of sp³-hybridized carbons (Fsp3) is 0.545. The Balaban J connectivity index is 2.16. The van der Waals surface area contributed by atoms with E-state index in [2.05, 4.69) is 25.6 Å². The Morgan fingerprint density at radius 2 is 2.06 bits per heavy atom. The average molecular weight is 334 g/mol. The summed E-state index contributed by atoms with van der Waals surface area (Å²) in [4.78, 5) is 4.03. The van der Waals surface area contributed by atoms with Crippen LogP contribution in [0, 0.1) is 0 Å². The number of aromatic nitrogens is 1. The van der Waals surface area contributed by atoms with Crippen molar-refractivity contribution in [3.63, 3.8) is 0 Å². The molecule has 0 aromatic carbocycles. The summed E-state index contributed by atoms with van der Waals surface area (Å²) in [5, 5.41) is 0. The molecule has 1 saturated carbocycles. The van der Waals surface area contributed by atoms with E-state index in [9.17, 15) is 8.42 Å². The Morgan fingerprint density at radius 1 is 1.33 bits per heavy atom. The summed E-state index contributed by atoms with van der Waals surface area (Å²) < 4.78 is 27.7. The summed E-state index contributed by atoms with van der Waals surface area (Å²) in [6.45, 7) is 0. The maximum atomic E-state index is 12.2. The lowest BCUT2D eigenvalue weighted by molar-refractivity contribution is 0.361. The highest BCUT2D eigenvalue weighted by Gasteiger charge is 2.27. The van der Waals surface area contributed by atoms with Gasteiger partial charge in [-0.25, -0.2) is 13.1 Å². The molecule has 0 radical (unpaired) electrons. The van der Waals surface area contributed by atoms with Crippen molar-refractivity contribution in [1.29, 1.82) is 0 Å². The first-order chi connectivity index (χ1) is 8.49. The van der Waals surface area contributed by atoms with Crippen LogP contribution in [-0.4, -0.2) is 25.5 Å². The fourth-order valence-corrected chi connectivity index (χ4v) is 3.94. The minimum atomic E-state index is -3.54. The van der Waals surface area contributed by atoms with Crippen molar-refractivity contribution in [2.75, 3.05) is 0 Å². The van der Waals surface area contributed by atoms with Gasteiger partial charge in [0.2, 0.25) is 10.0 Å². The highest BCUT2D eigenvalue weighted by molar-refractivity contribution is 9.10. The maximum absolute atomic E-state index is 12.2. The van der Waals surface area contributed by atoms with Crippen LogP contribution in [-0.2, 0) is 10.0 Å². The number of nitrogens with zero attached hydrogens (tertiary/aromatic N) is 1. The molecular weight excluding hydrogens is 318 g/mol. The fourth-order valence-electron chi connectivity index (χ4n) is 2.11. The molecular formula is C11H16BrN3O2S. The van der Waals surface area contributed by atoms with Gasteiger partial charge in [-0.15, -0.1) is 0 Å². The molecule has 2 atom stereocenters. The smallest absolute Gasteiger partial charge is 0.242 e. The van der Waals surface area contributed by atoms with Crippen molar-refractivity contribution >= 4 is 26.0 Å². The molecule has 0 saturated heterocycles. The van der Waals surface area contributed by atoms with E-state index in [1.807, 2.05) is 0 Å². The molecule has 3 N–H and O–H groups in total. The number of rotatable bonds is 3. The number of hydrogen-bond donors (Lipinski definition) is 2. The second-order valence-electron chi connectivity index (χ2n) is 4.51. The normalized spacial score (nSPS) is 25.0. The van der Waals surface area contributed by atoms with Gasteiger partial charge in [-0.05, 0) is 34.8 Å². The van der Waals surface area contributed by atoms with Gasteiger partial charge in [0, 0.05) is 29.0 Å². The quantitative estimate of drug-likeness (QED) is 0.875. The van der Waals surface area contributed by atoms with Gasteiger partial charge in [0.1, 0.15) is 4.90 Å². The molecule has 0 aliphatic heterocycles. The molecule has 1 heterocycles. The van der Waals surface area contributed by atoms with Gasteiger partial charge < -0.3 is 5.73 Å². The largest absolute Gasteiger partial charge is 0.326 e. The van der Waals surface area contributed by atoms with Crippen LogP contribution in [0.2, 0.25) is 0 Å². The number of sulfonamides is 1. The van der Waals surface area contributed by atoms with E-state index in [0.717, 1.165) is 25.7 Å². The molecule has 0 spiro atoms. The van der Waals surface area contributed by atoms with Crippen LogP contribution in [0.3, 0.4) is 0 Å². The lowest BCUT2D eigenvalue weighted by Crippen LogP contribution is -2.49. The summed E-state index contributed by atoms with van der Waals surface area (Å²) in [5.41, 5.74) is 5.94. The van der Waals surface area contributed by atoms with Gasteiger partial charge in [0.05, 0.1) is 0 Å². The van der Waals surface area contributed by atoms with E-state index in [1.165, 1.54) is 12.3 Å². The summed E-state index contributed by atoms with van der Waals surface area (Å²) in [5.74, 6) is 0. The van der Waals surface area contributed by atoms with Gasteiger partial charge in [-0.1, -0.05) is 12.8 Å². The van der Waals surface area contributed by atoms with Crippen molar-refractivity contribution < 1.29 is 8.42 Å². The van der Waals surface area contributed by atoms with Crippen molar-refractivity contribution in [1.82, 2.24) is 9.71 Å². The van der Waals surface area contributed by atoms with E-state index in [1.54, 1.807) is 6.20 Å². The van der Waals surface area contributed by atoms with Crippen LogP contribution in [0.15, 0.2) is 27.8 Å². The zero-order valence-electron chi connectivity index (χ0n) is 9.84. The second-order valence-corrected chi connectivity index (χ2v) is 7.14. The molecule has 0 bridgehead atoms. The van der Waals surface area contributed by atoms with Gasteiger partial charge >= 0.3 is 0 Å². The van der Waals surface area contributed by atoms with Crippen LogP contribution in [0.5, 0.6) is 0 Å². The number of halogens is 1. The first kappa shape index (κ1) is 13.9. The van der Waals surface area contributed by atoms with Crippen LogP contribution >= 0.6 is 15.9 Å². The lowest BCUT2D eigenvalue weighted by atomic mass is 9.92. The van der Waals surface area contributed by atoms with E-state index >= 15 is 0 Å². The highest BCUT2D eigenvalue weighted by atomic mass is 79.9. The summed E-state index contributed by atoms with van der Waals surface area (Å²) >= 11 is 3.21. The number of hydrogen-bond acceptors (Lipinski definition) is 4. The Hall–Kier alpha value is -0.500. The third-order valence-electron chi connectivity index (χ3n) is 3.12. The van der Waals surface area contributed by atoms with Crippen LogP contribution < -0.4 is 10.5 Å². The van der Waals surface area contributed by atoms with E-state index < -0.39 is 10.0 Å². The molecule has 100 valence electrons.